The van der Waals surface area contributed by atoms with Gasteiger partial charge in [0.1, 0.15) is 0 Å². The predicted octanol–water partition coefficient (Wildman–Crippen LogP) is 3.63. The summed E-state index contributed by atoms with van der Waals surface area (Å²) in [6.45, 7) is 4.25. The van der Waals surface area contributed by atoms with Crippen LogP contribution in [0.2, 0.25) is 0 Å². The molecule has 96 valence electrons. The molecule has 1 nitrogen and oxygen atoms in total. The fraction of sp³-hybridized carbons (Fsp3) is 0.647. The molecule has 3 aliphatic rings. The van der Waals surface area contributed by atoms with Crippen molar-refractivity contribution in [1.82, 2.24) is 0 Å². The third-order valence-electron chi connectivity index (χ3n) is 5.91. The number of fused-ring (bicyclic) bond motifs is 5. The van der Waals surface area contributed by atoms with E-state index in [2.05, 4.69) is 32.0 Å². The average molecular weight is 242 g/mol. The van der Waals surface area contributed by atoms with E-state index in [1.54, 1.807) is 0 Å². The zero-order valence-electron chi connectivity index (χ0n) is 11.3. The van der Waals surface area contributed by atoms with E-state index in [1.165, 1.54) is 36.0 Å². The van der Waals surface area contributed by atoms with Gasteiger partial charge in [-0.1, -0.05) is 23.8 Å². The molecule has 0 heterocycles. The van der Waals surface area contributed by atoms with Gasteiger partial charge in [0.2, 0.25) is 0 Å². The Morgan fingerprint density at radius 2 is 1.78 bits per heavy atom. The van der Waals surface area contributed by atoms with Crippen LogP contribution in [0.25, 0.3) is 0 Å². The van der Waals surface area contributed by atoms with Crippen molar-refractivity contribution >= 4 is 0 Å². The Labute approximate surface area is 109 Å². The summed E-state index contributed by atoms with van der Waals surface area (Å²) in [7, 11) is 0. The lowest BCUT2D eigenvalue weighted by atomic mass is 9.92. The number of hydrogen-bond donors (Lipinski definition) is 1. The highest BCUT2D eigenvalue weighted by atomic mass is 16.3. The minimum Gasteiger partial charge on any atom is -0.388 e. The summed E-state index contributed by atoms with van der Waals surface area (Å²) in [4.78, 5) is 0. The first-order valence-corrected chi connectivity index (χ1v) is 7.42. The van der Waals surface area contributed by atoms with Crippen LogP contribution in [0.15, 0.2) is 18.2 Å². The Kier molecular flexibility index (Phi) is 2.21. The van der Waals surface area contributed by atoms with Gasteiger partial charge in [-0.3, -0.25) is 0 Å². The molecule has 0 radical (unpaired) electrons. The highest BCUT2D eigenvalue weighted by Crippen LogP contribution is 2.72. The van der Waals surface area contributed by atoms with Gasteiger partial charge in [-0.05, 0) is 73.8 Å². The fourth-order valence-corrected chi connectivity index (χ4v) is 5.10. The number of hydrogen-bond acceptors (Lipinski definition) is 1. The van der Waals surface area contributed by atoms with Crippen molar-refractivity contribution in [2.45, 2.75) is 39.2 Å². The summed E-state index contributed by atoms with van der Waals surface area (Å²) in [6.07, 6.45) is 4.12. The molecular weight excluding hydrogens is 220 g/mol. The zero-order valence-corrected chi connectivity index (χ0v) is 11.3. The average Bonchev–Trinajstić information content (AvgIpc) is 2.79. The molecule has 1 N–H and O–H groups in total. The molecule has 3 fully saturated rings. The lowest BCUT2D eigenvalue weighted by molar-refractivity contribution is 0.129. The van der Waals surface area contributed by atoms with E-state index in [1.807, 2.05) is 0 Å². The van der Waals surface area contributed by atoms with Gasteiger partial charge in [-0.25, -0.2) is 0 Å². The maximum atomic E-state index is 10.7. The molecule has 5 unspecified atom stereocenters. The van der Waals surface area contributed by atoms with Gasteiger partial charge < -0.3 is 5.11 Å². The lowest BCUT2D eigenvalue weighted by Crippen LogP contribution is -2.09. The molecule has 1 heteroatoms. The van der Waals surface area contributed by atoms with Crippen molar-refractivity contribution in [3.63, 3.8) is 0 Å². The SMILES string of the molecule is Cc1ccc(C)c(C(O)C2C3C4CCC(C4)C32)c1. The largest absolute Gasteiger partial charge is 0.388 e. The van der Waals surface area contributed by atoms with Crippen LogP contribution in [-0.2, 0) is 0 Å². The molecule has 3 saturated carbocycles. The fourth-order valence-electron chi connectivity index (χ4n) is 5.10. The molecule has 5 atom stereocenters. The molecule has 3 aliphatic carbocycles. The number of benzene rings is 1. The second kappa shape index (κ2) is 3.60. The summed E-state index contributed by atoms with van der Waals surface area (Å²) in [5.74, 6) is 4.20. The van der Waals surface area contributed by atoms with E-state index in [0.29, 0.717) is 5.92 Å². The van der Waals surface area contributed by atoms with Gasteiger partial charge in [0.05, 0.1) is 6.10 Å². The first-order valence-electron chi connectivity index (χ1n) is 7.42. The molecule has 4 rings (SSSR count). The van der Waals surface area contributed by atoms with Crippen molar-refractivity contribution in [2.24, 2.45) is 29.6 Å². The van der Waals surface area contributed by atoms with Crippen LogP contribution in [0.3, 0.4) is 0 Å². The molecule has 18 heavy (non-hydrogen) atoms. The molecule has 0 spiro atoms. The Balaban J connectivity index is 1.61. The van der Waals surface area contributed by atoms with Crippen LogP contribution in [0, 0.1) is 43.4 Å². The summed E-state index contributed by atoms with van der Waals surface area (Å²) < 4.78 is 0. The highest BCUT2D eigenvalue weighted by Gasteiger charge is 2.66. The number of aliphatic hydroxyl groups excluding tert-OH is 1. The van der Waals surface area contributed by atoms with Crippen LogP contribution >= 0.6 is 0 Å². The van der Waals surface area contributed by atoms with Crippen molar-refractivity contribution in [2.75, 3.05) is 0 Å². The standard InChI is InChI=1S/C17H22O/c1-9-3-4-10(2)13(7-9)17(18)16-14-11-5-6-12(8-11)15(14)16/h3-4,7,11-12,14-18H,5-6,8H2,1-2H3. The van der Waals surface area contributed by atoms with Gasteiger partial charge in [0.15, 0.2) is 0 Å². The second-order valence-electron chi connectivity index (χ2n) is 6.87. The van der Waals surface area contributed by atoms with E-state index < -0.39 is 0 Å². The van der Waals surface area contributed by atoms with Crippen molar-refractivity contribution < 1.29 is 5.11 Å². The molecule has 2 bridgehead atoms. The van der Waals surface area contributed by atoms with Gasteiger partial charge in [-0.2, -0.15) is 0 Å². The Morgan fingerprint density at radius 1 is 1.11 bits per heavy atom. The predicted molar refractivity (Wildman–Crippen MR) is 72.2 cm³/mol. The molecule has 0 amide bonds. The molecule has 1 aromatic rings. The van der Waals surface area contributed by atoms with Crippen LogP contribution in [0.1, 0.15) is 42.1 Å². The normalized spacial score (nSPS) is 41.8. The smallest absolute Gasteiger partial charge is 0.0826 e. The third-order valence-corrected chi connectivity index (χ3v) is 5.91. The Morgan fingerprint density at radius 3 is 2.44 bits per heavy atom. The van der Waals surface area contributed by atoms with Crippen molar-refractivity contribution in [1.29, 1.82) is 0 Å². The van der Waals surface area contributed by atoms with Gasteiger partial charge in [0.25, 0.3) is 0 Å². The topological polar surface area (TPSA) is 20.2 Å². The number of aryl methyl sites for hydroxylation is 2. The van der Waals surface area contributed by atoms with Crippen molar-refractivity contribution in [3.05, 3.63) is 34.9 Å². The van der Waals surface area contributed by atoms with E-state index in [9.17, 15) is 5.11 Å². The zero-order chi connectivity index (χ0) is 12.4. The molecular formula is C17H22O. The van der Waals surface area contributed by atoms with Gasteiger partial charge >= 0.3 is 0 Å². The molecule has 0 saturated heterocycles. The summed E-state index contributed by atoms with van der Waals surface area (Å²) >= 11 is 0. The maximum absolute atomic E-state index is 10.7. The van der Waals surface area contributed by atoms with Crippen molar-refractivity contribution in [3.8, 4) is 0 Å². The Hall–Kier alpha value is -0.820. The minimum absolute atomic E-state index is 0.205. The van der Waals surface area contributed by atoms with Gasteiger partial charge in [-0.15, -0.1) is 0 Å². The van der Waals surface area contributed by atoms with E-state index in [0.717, 1.165) is 23.7 Å². The molecule has 0 aliphatic heterocycles. The number of rotatable bonds is 2. The molecule has 1 aromatic carbocycles. The minimum atomic E-state index is -0.205. The first kappa shape index (κ1) is 11.0. The quantitative estimate of drug-likeness (QED) is 0.839. The van der Waals surface area contributed by atoms with E-state index >= 15 is 0 Å². The van der Waals surface area contributed by atoms with Crippen LogP contribution in [0.5, 0.6) is 0 Å². The third kappa shape index (κ3) is 1.37. The van der Waals surface area contributed by atoms with E-state index in [4.69, 9.17) is 0 Å². The first-order chi connectivity index (χ1) is 8.66. The summed E-state index contributed by atoms with van der Waals surface area (Å²) in [5.41, 5.74) is 3.71. The lowest BCUT2D eigenvalue weighted by Gasteiger charge is -2.18. The highest BCUT2D eigenvalue weighted by molar-refractivity contribution is 5.34. The van der Waals surface area contributed by atoms with Crippen LogP contribution < -0.4 is 0 Å². The summed E-state index contributed by atoms with van der Waals surface area (Å²) in [6, 6.07) is 6.49. The summed E-state index contributed by atoms with van der Waals surface area (Å²) in [5, 5.41) is 10.7. The van der Waals surface area contributed by atoms with Crippen LogP contribution in [-0.4, -0.2) is 5.11 Å². The Bertz CT molecular complexity index is 476. The monoisotopic (exact) mass is 242 g/mol. The molecule has 0 aromatic heterocycles. The maximum Gasteiger partial charge on any atom is 0.0826 e. The number of aliphatic hydroxyl groups is 1. The van der Waals surface area contributed by atoms with E-state index in [-0.39, 0.29) is 6.10 Å². The second-order valence-corrected chi connectivity index (χ2v) is 6.87. The van der Waals surface area contributed by atoms with Crippen LogP contribution in [0.4, 0.5) is 0 Å². The van der Waals surface area contributed by atoms with Gasteiger partial charge in [0, 0.05) is 0 Å².